The van der Waals surface area contributed by atoms with Crippen LogP contribution in [0.2, 0.25) is 0 Å². The predicted octanol–water partition coefficient (Wildman–Crippen LogP) is 12.7. The summed E-state index contributed by atoms with van der Waals surface area (Å²) in [5, 5.41) is 36.3. The molecule has 288 valence electrons. The van der Waals surface area contributed by atoms with Crippen LogP contribution >= 0.6 is 0 Å². The molecule has 57 heavy (non-hydrogen) atoms. The van der Waals surface area contributed by atoms with Crippen molar-refractivity contribution in [1.29, 1.82) is 0 Å². The Hall–Kier alpha value is -7.32. The summed E-state index contributed by atoms with van der Waals surface area (Å²) in [6.45, 7) is 0. The second kappa shape index (κ2) is 23.5. The van der Waals surface area contributed by atoms with E-state index in [1.54, 1.807) is 97.1 Å². The molecule has 0 spiro atoms. The molecule has 0 saturated carbocycles. The normalized spacial score (nSPS) is 9.54. The van der Waals surface area contributed by atoms with E-state index in [0.29, 0.717) is 23.0 Å². The molecular formula is C48H40FeO8. The standard InChI is InChI=1S/4C12H10O2.Fe/c4*13-10-6-8-12(9-7-10)14-11-4-2-1-3-5-11;/h4*1-9,13H;. The molecule has 0 atom stereocenters. The van der Waals surface area contributed by atoms with Crippen LogP contribution in [0.4, 0.5) is 0 Å². The summed E-state index contributed by atoms with van der Waals surface area (Å²) < 4.78 is 22.1. The number of benzene rings is 8. The van der Waals surface area contributed by atoms with Crippen molar-refractivity contribution in [2.24, 2.45) is 0 Å². The SMILES string of the molecule is Oc1ccc(Oc2ccccc2)cc1.Oc1ccc(Oc2ccccc2)cc1.Oc1ccc(Oc2ccccc2)cc1.Oc1ccc(Oc2ccccc2)cc1.[Fe]. The molecule has 0 amide bonds. The van der Waals surface area contributed by atoms with Crippen molar-refractivity contribution in [1.82, 2.24) is 0 Å². The van der Waals surface area contributed by atoms with E-state index in [-0.39, 0.29) is 40.1 Å². The third-order valence-corrected chi connectivity index (χ3v) is 7.26. The first kappa shape index (κ1) is 42.4. The first-order valence-corrected chi connectivity index (χ1v) is 17.5. The van der Waals surface area contributed by atoms with Crippen molar-refractivity contribution in [2.45, 2.75) is 0 Å². The van der Waals surface area contributed by atoms with E-state index in [1.807, 2.05) is 121 Å². The number of phenolic OH excluding ortho intramolecular Hbond substituents is 4. The van der Waals surface area contributed by atoms with Gasteiger partial charge in [0, 0.05) is 17.1 Å². The van der Waals surface area contributed by atoms with E-state index in [1.165, 1.54) is 0 Å². The van der Waals surface area contributed by atoms with Crippen LogP contribution < -0.4 is 18.9 Å². The predicted molar refractivity (Wildman–Crippen MR) is 218 cm³/mol. The van der Waals surface area contributed by atoms with Gasteiger partial charge in [-0.3, -0.25) is 0 Å². The Labute approximate surface area is 342 Å². The van der Waals surface area contributed by atoms with Gasteiger partial charge in [-0.2, -0.15) is 0 Å². The minimum absolute atomic E-state index is 0. The van der Waals surface area contributed by atoms with Crippen molar-refractivity contribution in [3.05, 3.63) is 218 Å². The molecule has 0 aromatic heterocycles. The molecule has 8 rings (SSSR count). The monoisotopic (exact) mass is 800 g/mol. The molecule has 0 aliphatic carbocycles. The van der Waals surface area contributed by atoms with Gasteiger partial charge in [-0.05, 0) is 146 Å². The van der Waals surface area contributed by atoms with Gasteiger partial charge in [0.1, 0.15) is 69.0 Å². The van der Waals surface area contributed by atoms with Crippen LogP contribution in [0.1, 0.15) is 0 Å². The van der Waals surface area contributed by atoms with Crippen LogP contribution in [0.5, 0.6) is 69.0 Å². The second-order valence-electron chi connectivity index (χ2n) is 11.6. The summed E-state index contributed by atoms with van der Waals surface area (Å²) in [6.07, 6.45) is 0. The Morgan fingerprint density at radius 2 is 0.333 bits per heavy atom. The van der Waals surface area contributed by atoms with Crippen molar-refractivity contribution in [3.63, 3.8) is 0 Å². The van der Waals surface area contributed by atoms with Gasteiger partial charge in [0.05, 0.1) is 0 Å². The summed E-state index contributed by atoms with van der Waals surface area (Å²) in [6, 6.07) is 64.7. The van der Waals surface area contributed by atoms with Crippen LogP contribution in [-0.4, -0.2) is 20.4 Å². The van der Waals surface area contributed by atoms with Crippen molar-refractivity contribution >= 4 is 0 Å². The van der Waals surface area contributed by atoms with Gasteiger partial charge in [-0.25, -0.2) is 0 Å². The maximum atomic E-state index is 9.07. The number of ether oxygens (including phenoxy) is 4. The Morgan fingerprint density at radius 3 is 0.491 bits per heavy atom. The first-order valence-electron chi connectivity index (χ1n) is 17.5. The Kier molecular flexibility index (Phi) is 17.5. The molecule has 0 unspecified atom stereocenters. The average Bonchev–Trinajstić information content (AvgIpc) is 3.24. The molecule has 0 radical (unpaired) electrons. The van der Waals surface area contributed by atoms with E-state index in [4.69, 9.17) is 39.4 Å². The zero-order valence-corrected chi connectivity index (χ0v) is 31.7. The van der Waals surface area contributed by atoms with Gasteiger partial charge in [0.25, 0.3) is 0 Å². The third-order valence-electron chi connectivity index (χ3n) is 7.26. The Morgan fingerprint density at radius 1 is 0.193 bits per heavy atom. The van der Waals surface area contributed by atoms with E-state index in [9.17, 15) is 0 Å². The first-order chi connectivity index (χ1) is 27.4. The molecule has 0 saturated heterocycles. The number of rotatable bonds is 8. The molecular weight excluding hydrogens is 760 g/mol. The quantitative estimate of drug-likeness (QED) is 0.112. The van der Waals surface area contributed by atoms with Gasteiger partial charge in [-0.15, -0.1) is 0 Å². The van der Waals surface area contributed by atoms with E-state index in [0.717, 1.165) is 23.0 Å². The van der Waals surface area contributed by atoms with Crippen molar-refractivity contribution in [3.8, 4) is 69.0 Å². The fraction of sp³-hybridized carbons (Fsp3) is 0. The summed E-state index contributed by atoms with van der Waals surface area (Å²) >= 11 is 0. The van der Waals surface area contributed by atoms with E-state index >= 15 is 0 Å². The van der Waals surface area contributed by atoms with Crippen LogP contribution in [0, 0.1) is 0 Å². The zero-order valence-electron chi connectivity index (χ0n) is 30.6. The second-order valence-corrected chi connectivity index (χ2v) is 11.6. The molecule has 8 nitrogen and oxygen atoms in total. The molecule has 8 aromatic rings. The molecule has 0 bridgehead atoms. The number of aromatic hydroxyl groups is 4. The summed E-state index contributed by atoms with van der Waals surface area (Å²) in [7, 11) is 0. The average molecular weight is 801 g/mol. The summed E-state index contributed by atoms with van der Waals surface area (Å²) in [4.78, 5) is 0. The topological polar surface area (TPSA) is 118 Å². The molecule has 9 heteroatoms. The molecule has 8 aromatic carbocycles. The fourth-order valence-electron chi connectivity index (χ4n) is 4.56. The van der Waals surface area contributed by atoms with Crippen LogP contribution in [-0.2, 0) is 17.1 Å². The van der Waals surface area contributed by atoms with E-state index in [2.05, 4.69) is 0 Å². The largest absolute Gasteiger partial charge is 0.508 e. The Bertz CT molecular complexity index is 1910. The van der Waals surface area contributed by atoms with E-state index < -0.39 is 0 Å². The number of phenols is 4. The van der Waals surface area contributed by atoms with Crippen LogP contribution in [0.15, 0.2) is 218 Å². The molecule has 4 N–H and O–H groups in total. The minimum Gasteiger partial charge on any atom is -0.508 e. The minimum atomic E-state index is 0. The van der Waals surface area contributed by atoms with Crippen molar-refractivity contribution in [2.75, 3.05) is 0 Å². The maximum absolute atomic E-state index is 9.07. The van der Waals surface area contributed by atoms with Gasteiger partial charge < -0.3 is 39.4 Å². The fourth-order valence-corrected chi connectivity index (χ4v) is 4.56. The molecule has 0 fully saturated rings. The van der Waals surface area contributed by atoms with Crippen LogP contribution in [0.25, 0.3) is 0 Å². The van der Waals surface area contributed by atoms with Gasteiger partial charge in [0.2, 0.25) is 0 Å². The maximum Gasteiger partial charge on any atom is 0.127 e. The zero-order chi connectivity index (χ0) is 39.2. The molecule has 0 heterocycles. The summed E-state index contributed by atoms with van der Waals surface area (Å²) in [5.74, 6) is 6.99. The molecule has 0 aliphatic heterocycles. The van der Waals surface area contributed by atoms with Gasteiger partial charge >= 0.3 is 0 Å². The smallest absolute Gasteiger partial charge is 0.127 e. The van der Waals surface area contributed by atoms with Crippen LogP contribution in [0.3, 0.4) is 0 Å². The molecule has 0 aliphatic rings. The van der Waals surface area contributed by atoms with Crippen molar-refractivity contribution < 1.29 is 56.4 Å². The number of para-hydroxylation sites is 4. The third kappa shape index (κ3) is 16.3. The summed E-state index contributed by atoms with van der Waals surface area (Å²) in [5.41, 5.74) is 0. The number of hydrogen-bond donors (Lipinski definition) is 4. The Balaban J connectivity index is 0.000000167. The van der Waals surface area contributed by atoms with Gasteiger partial charge in [-0.1, -0.05) is 72.8 Å². The number of hydrogen-bond acceptors (Lipinski definition) is 8. The van der Waals surface area contributed by atoms with Gasteiger partial charge in [0.15, 0.2) is 0 Å².